The van der Waals surface area contributed by atoms with Crippen LogP contribution in [0.1, 0.15) is 5.69 Å². The van der Waals surface area contributed by atoms with Gasteiger partial charge in [-0.1, -0.05) is 6.07 Å². The number of rotatable bonds is 1. The number of pyridine rings is 1. The van der Waals surface area contributed by atoms with Gasteiger partial charge >= 0.3 is 7.12 Å². The second-order valence-electron chi connectivity index (χ2n) is 2.26. The van der Waals surface area contributed by atoms with Crippen molar-refractivity contribution in [1.82, 2.24) is 4.98 Å². The first-order valence-electron chi connectivity index (χ1n) is 3.11. The topological polar surface area (TPSA) is 38.0 Å². The quantitative estimate of drug-likeness (QED) is 0.310. The number of aryl methyl sites for hydroxylation is 1. The molecule has 0 aliphatic carbocycles. The first-order chi connectivity index (χ1) is 4.86. The molecule has 1 aromatic rings. The van der Waals surface area contributed by atoms with Crippen LogP contribution < -0.4 is 5.46 Å². The second kappa shape index (κ2) is 2.07. The number of aromatic nitrogens is 1. The van der Waals surface area contributed by atoms with E-state index in [-0.39, 0.29) is 7.12 Å². The number of nitrogens with zero attached hydrogens (tertiary/aromatic N) is 1. The fourth-order valence-corrected chi connectivity index (χ4v) is 0.758. The summed E-state index contributed by atoms with van der Waals surface area (Å²) in [5.74, 6) is 0. The summed E-state index contributed by atoms with van der Waals surface area (Å²) in [6.07, 6.45) is 1.76. The maximum absolute atomic E-state index is 4.59. The Kier molecular flexibility index (Phi) is 1.22. The third-order valence-electron chi connectivity index (χ3n) is 1.40. The molecule has 0 atom stereocenters. The number of hydrogen-bond acceptors (Lipinski definition) is 3. The van der Waals surface area contributed by atoms with Gasteiger partial charge in [-0.2, -0.15) is 0 Å². The predicted molar refractivity (Wildman–Crippen MR) is 36.5 cm³/mol. The van der Waals surface area contributed by atoms with Crippen LogP contribution in [0.25, 0.3) is 0 Å². The summed E-state index contributed by atoms with van der Waals surface area (Å²) in [5.41, 5.74) is 1.98. The van der Waals surface area contributed by atoms with Crippen molar-refractivity contribution in [3.8, 4) is 0 Å². The molecular formula is C6H6BNO2. The van der Waals surface area contributed by atoms with Gasteiger partial charge < -0.3 is 0 Å². The lowest BCUT2D eigenvalue weighted by Crippen LogP contribution is -2.16. The second-order valence-corrected chi connectivity index (χ2v) is 2.26. The van der Waals surface area contributed by atoms with Crippen molar-refractivity contribution in [1.29, 1.82) is 0 Å². The highest BCUT2D eigenvalue weighted by Gasteiger charge is 2.37. The van der Waals surface area contributed by atoms with Gasteiger partial charge in [-0.25, -0.2) is 0 Å². The van der Waals surface area contributed by atoms with E-state index in [1.807, 2.05) is 19.1 Å². The smallest absolute Gasteiger partial charge is 0.267 e. The first kappa shape index (κ1) is 5.89. The molecule has 0 saturated carbocycles. The molecule has 2 heterocycles. The Balaban J connectivity index is 2.28. The van der Waals surface area contributed by atoms with E-state index in [1.54, 1.807) is 6.20 Å². The van der Waals surface area contributed by atoms with Crippen molar-refractivity contribution >= 4 is 12.6 Å². The summed E-state index contributed by atoms with van der Waals surface area (Å²) in [7, 11) is -0.159. The molecule has 0 spiro atoms. The van der Waals surface area contributed by atoms with Crippen LogP contribution in [0.3, 0.4) is 0 Å². The normalized spacial score (nSPS) is 15.5. The van der Waals surface area contributed by atoms with E-state index >= 15 is 0 Å². The summed E-state index contributed by atoms with van der Waals surface area (Å²) in [4.78, 5) is 13.3. The summed E-state index contributed by atoms with van der Waals surface area (Å²) in [5, 5.41) is 0. The molecule has 3 nitrogen and oxygen atoms in total. The molecular weight excluding hydrogens is 129 g/mol. The minimum atomic E-state index is -0.159. The van der Waals surface area contributed by atoms with Gasteiger partial charge in [-0.05, 0) is 13.0 Å². The average Bonchev–Trinajstić information content (AvgIpc) is 2.71. The molecule has 0 unspecified atom stereocenters. The lowest BCUT2D eigenvalue weighted by atomic mass is 9.84. The summed E-state index contributed by atoms with van der Waals surface area (Å²) in [6, 6.07) is 3.88. The Morgan fingerprint density at radius 1 is 1.40 bits per heavy atom. The third kappa shape index (κ3) is 1.03. The zero-order valence-corrected chi connectivity index (χ0v) is 5.57. The van der Waals surface area contributed by atoms with Crippen molar-refractivity contribution in [2.45, 2.75) is 6.92 Å². The molecule has 1 saturated heterocycles. The standard InChI is InChI=1S/C6H6BNO2/c1-5-2-3-6(4-8-5)7-9-10-7/h2-4H,1H3. The zero-order valence-electron chi connectivity index (χ0n) is 5.57. The largest absolute Gasteiger partial charge is 0.552 e. The van der Waals surface area contributed by atoms with Crippen LogP contribution >= 0.6 is 0 Å². The van der Waals surface area contributed by atoms with E-state index in [0.29, 0.717) is 0 Å². The first-order valence-corrected chi connectivity index (χ1v) is 3.11. The maximum atomic E-state index is 4.59. The van der Waals surface area contributed by atoms with E-state index in [2.05, 4.69) is 14.6 Å². The SMILES string of the molecule is Cc1ccc(B2OO2)cn1. The fraction of sp³-hybridized carbons (Fsp3) is 0.167. The molecule has 1 aliphatic heterocycles. The van der Waals surface area contributed by atoms with Gasteiger partial charge in [-0.15, -0.1) is 0 Å². The number of hydrogen-bond donors (Lipinski definition) is 0. The molecule has 50 valence electrons. The highest BCUT2D eigenvalue weighted by molar-refractivity contribution is 6.65. The van der Waals surface area contributed by atoms with Crippen molar-refractivity contribution in [3.63, 3.8) is 0 Å². The highest BCUT2D eigenvalue weighted by atomic mass is 17.3. The predicted octanol–water partition coefficient (Wildman–Crippen LogP) is 0.0470. The van der Waals surface area contributed by atoms with E-state index < -0.39 is 0 Å². The monoisotopic (exact) mass is 135 g/mol. The Morgan fingerprint density at radius 2 is 2.20 bits per heavy atom. The molecule has 0 N–H and O–H groups in total. The van der Waals surface area contributed by atoms with Crippen LogP contribution in [0.2, 0.25) is 0 Å². The molecule has 1 fully saturated rings. The summed E-state index contributed by atoms with van der Waals surface area (Å²) < 4.78 is 0. The van der Waals surface area contributed by atoms with Crippen LogP contribution in [-0.4, -0.2) is 12.1 Å². The lowest BCUT2D eigenvalue weighted by Gasteiger charge is -1.89. The summed E-state index contributed by atoms with van der Waals surface area (Å²) >= 11 is 0. The average molecular weight is 135 g/mol. The molecule has 1 aromatic heterocycles. The van der Waals surface area contributed by atoms with Crippen LogP contribution in [-0.2, 0) is 9.61 Å². The maximum Gasteiger partial charge on any atom is 0.552 e. The molecule has 0 aromatic carbocycles. The van der Waals surface area contributed by atoms with Gasteiger partial charge in [0.25, 0.3) is 0 Å². The molecule has 0 radical (unpaired) electrons. The van der Waals surface area contributed by atoms with Crippen LogP contribution in [0.15, 0.2) is 18.3 Å². The van der Waals surface area contributed by atoms with Gasteiger partial charge in [0.1, 0.15) is 0 Å². The van der Waals surface area contributed by atoms with Crippen LogP contribution in [0.5, 0.6) is 0 Å². The fourth-order valence-electron chi connectivity index (χ4n) is 0.758. The van der Waals surface area contributed by atoms with Gasteiger partial charge in [0.15, 0.2) is 0 Å². The molecule has 1 aliphatic rings. The van der Waals surface area contributed by atoms with Crippen molar-refractivity contribution < 1.29 is 9.61 Å². The van der Waals surface area contributed by atoms with Crippen LogP contribution in [0, 0.1) is 6.92 Å². The molecule has 0 bridgehead atoms. The van der Waals surface area contributed by atoms with Gasteiger partial charge in [-0.3, -0.25) is 14.6 Å². The van der Waals surface area contributed by atoms with Gasteiger partial charge in [0.2, 0.25) is 0 Å². The molecule has 0 amide bonds. The van der Waals surface area contributed by atoms with E-state index in [1.165, 1.54) is 0 Å². The highest BCUT2D eigenvalue weighted by Crippen LogP contribution is 2.05. The van der Waals surface area contributed by atoms with Crippen molar-refractivity contribution in [2.75, 3.05) is 0 Å². The van der Waals surface area contributed by atoms with Crippen LogP contribution in [0.4, 0.5) is 0 Å². The molecule has 2 rings (SSSR count). The van der Waals surface area contributed by atoms with Gasteiger partial charge in [0, 0.05) is 17.4 Å². The minimum absolute atomic E-state index is 0.159. The van der Waals surface area contributed by atoms with Crippen molar-refractivity contribution in [2.24, 2.45) is 0 Å². The van der Waals surface area contributed by atoms with E-state index in [4.69, 9.17) is 0 Å². The van der Waals surface area contributed by atoms with E-state index in [9.17, 15) is 0 Å². The minimum Gasteiger partial charge on any atom is -0.267 e. The van der Waals surface area contributed by atoms with Gasteiger partial charge in [0.05, 0.1) is 0 Å². The Hall–Kier alpha value is -0.865. The lowest BCUT2D eigenvalue weighted by molar-refractivity contribution is 0.0850. The Morgan fingerprint density at radius 3 is 2.70 bits per heavy atom. The Bertz CT molecular complexity index is 232. The third-order valence-corrected chi connectivity index (χ3v) is 1.40. The molecule has 10 heavy (non-hydrogen) atoms. The Labute approximate surface area is 59.1 Å². The van der Waals surface area contributed by atoms with Crippen molar-refractivity contribution in [3.05, 3.63) is 24.0 Å². The summed E-state index contributed by atoms with van der Waals surface area (Å²) in [6.45, 7) is 1.94. The molecule has 4 heteroatoms. The van der Waals surface area contributed by atoms with E-state index in [0.717, 1.165) is 11.2 Å². The zero-order chi connectivity index (χ0) is 6.97.